The Balaban J connectivity index is 1.90. The number of carbonyl (C=O) groups excluding carboxylic acids is 2. The maximum absolute atomic E-state index is 11.3. The molecular weight excluding hydrogens is 296 g/mol. The van der Waals surface area contributed by atoms with Gasteiger partial charge in [0.15, 0.2) is 0 Å². The summed E-state index contributed by atoms with van der Waals surface area (Å²) in [6, 6.07) is 14.3. The van der Waals surface area contributed by atoms with Crippen LogP contribution in [0.1, 0.15) is 21.5 Å². The molecule has 5 heteroatoms. The number of benzene rings is 2. The summed E-state index contributed by atoms with van der Waals surface area (Å²) in [5.74, 6) is 0.0682. The first-order chi connectivity index (χ1) is 11.1. The zero-order chi connectivity index (χ0) is 16.7. The summed E-state index contributed by atoms with van der Waals surface area (Å²) in [6.07, 6.45) is 0.242. The summed E-state index contributed by atoms with van der Waals surface area (Å²) in [6.45, 7) is 0.387. The van der Waals surface area contributed by atoms with Gasteiger partial charge in [-0.25, -0.2) is 4.79 Å². The maximum Gasteiger partial charge on any atom is 0.337 e. The topological polar surface area (TPSA) is 61.8 Å². The highest BCUT2D eigenvalue weighted by molar-refractivity contribution is 5.89. The van der Waals surface area contributed by atoms with E-state index in [4.69, 9.17) is 4.74 Å². The molecular formula is C18H18O5. The first-order valence-electron chi connectivity index (χ1n) is 7.08. The first kappa shape index (κ1) is 16.5. The Morgan fingerprint density at radius 1 is 0.826 bits per heavy atom. The molecule has 23 heavy (non-hydrogen) atoms. The van der Waals surface area contributed by atoms with Gasteiger partial charge in [-0.1, -0.05) is 24.3 Å². The standard InChI is InChI=1S/C18H18O5/c1-21-17(19)11-13-5-9-16(10-6-13)23-12-14-3-7-15(8-4-14)18(20)22-2/h3-10H,11-12H2,1-2H3. The third-order valence-corrected chi connectivity index (χ3v) is 3.28. The van der Waals surface area contributed by atoms with Crippen LogP contribution in [0.4, 0.5) is 0 Å². The van der Waals surface area contributed by atoms with Crippen molar-refractivity contribution in [1.82, 2.24) is 0 Å². The summed E-state index contributed by atoms with van der Waals surface area (Å²) in [4.78, 5) is 22.5. The van der Waals surface area contributed by atoms with Gasteiger partial charge in [-0.2, -0.15) is 0 Å². The molecule has 0 unspecified atom stereocenters. The molecule has 0 bridgehead atoms. The lowest BCUT2D eigenvalue weighted by molar-refractivity contribution is -0.139. The van der Waals surface area contributed by atoms with E-state index in [2.05, 4.69) is 9.47 Å². The van der Waals surface area contributed by atoms with Gasteiger partial charge in [0.1, 0.15) is 12.4 Å². The van der Waals surface area contributed by atoms with Crippen LogP contribution in [-0.2, 0) is 27.3 Å². The molecule has 0 N–H and O–H groups in total. The van der Waals surface area contributed by atoms with E-state index in [9.17, 15) is 9.59 Å². The SMILES string of the molecule is COC(=O)Cc1ccc(OCc2ccc(C(=O)OC)cc2)cc1. The lowest BCUT2D eigenvalue weighted by Crippen LogP contribution is -2.04. The zero-order valence-corrected chi connectivity index (χ0v) is 13.1. The summed E-state index contributed by atoms with van der Waals surface area (Å²) < 4.78 is 14.9. The third kappa shape index (κ3) is 4.85. The van der Waals surface area contributed by atoms with E-state index >= 15 is 0 Å². The number of hydrogen-bond acceptors (Lipinski definition) is 5. The molecule has 0 heterocycles. The van der Waals surface area contributed by atoms with Gasteiger partial charge in [-0.15, -0.1) is 0 Å². The molecule has 0 aromatic heterocycles. The van der Waals surface area contributed by atoms with Crippen LogP contribution in [0.25, 0.3) is 0 Å². The molecule has 2 aromatic carbocycles. The summed E-state index contributed by atoms with van der Waals surface area (Å²) in [5, 5.41) is 0. The third-order valence-electron chi connectivity index (χ3n) is 3.28. The highest BCUT2D eigenvalue weighted by Gasteiger charge is 2.05. The Labute approximate surface area is 134 Å². The molecule has 2 rings (SSSR count). The lowest BCUT2D eigenvalue weighted by atomic mass is 10.1. The van der Waals surface area contributed by atoms with Crippen molar-refractivity contribution in [3.8, 4) is 5.75 Å². The highest BCUT2D eigenvalue weighted by Crippen LogP contribution is 2.15. The molecule has 0 radical (unpaired) electrons. The summed E-state index contributed by atoms with van der Waals surface area (Å²) in [5.41, 5.74) is 2.31. The minimum atomic E-state index is -0.362. The number of hydrogen-bond donors (Lipinski definition) is 0. The van der Waals surface area contributed by atoms with Gasteiger partial charge in [0.25, 0.3) is 0 Å². The molecule has 0 amide bonds. The molecule has 0 saturated carbocycles. The molecule has 0 aliphatic rings. The van der Waals surface area contributed by atoms with Crippen molar-refractivity contribution in [1.29, 1.82) is 0 Å². The Hall–Kier alpha value is -2.82. The van der Waals surface area contributed by atoms with Crippen LogP contribution in [-0.4, -0.2) is 26.2 Å². The molecule has 0 saturated heterocycles. The van der Waals surface area contributed by atoms with Crippen LogP contribution in [0.15, 0.2) is 48.5 Å². The average Bonchev–Trinajstić information content (AvgIpc) is 2.60. The minimum absolute atomic E-state index is 0.242. The second kappa shape index (κ2) is 7.98. The Bertz CT molecular complexity index is 659. The first-order valence-corrected chi connectivity index (χ1v) is 7.08. The Morgan fingerprint density at radius 3 is 2.00 bits per heavy atom. The summed E-state index contributed by atoms with van der Waals surface area (Å²) >= 11 is 0. The molecule has 0 aliphatic carbocycles. The second-order valence-electron chi connectivity index (χ2n) is 4.87. The predicted octanol–water partition coefficient (Wildman–Crippen LogP) is 2.77. The van der Waals surface area contributed by atoms with Crippen LogP contribution in [0.5, 0.6) is 5.75 Å². The van der Waals surface area contributed by atoms with E-state index in [-0.39, 0.29) is 18.4 Å². The second-order valence-corrected chi connectivity index (χ2v) is 4.87. The zero-order valence-electron chi connectivity index (χ0n) is 13.1. The highest BCUT2D eigenvalue weighted by atomic mass is 16.5. The van der Waals surface area contributed by atoms with E-state index in [0.29, 0.717) is 17.9 Å². The number of carbonyl (C=O) groups is 2. The molecule has 0 aliphatic heterocycles. The van der Waals surface area contributed by atoms with Crippen molar-refractivity contribution in [3.63, 3.8) is 0 Å². The molecule has 5 nitrogen and oxygen atoms in total. The van der Waals surface area contributed by atoms with Crippen LogP contribution in [0.3, 0.4) is 0 Å². The van der Waals surface area contributed by atoms with E-state index in [1.54, 1.807) is 24.3 Å². The molecule has 0 fully saturated rings. The van der Waals surface area contributed by atoms with Crippen molar-refractivity contribution in [2.24, 2.45) is 0 Å². The fraction of sp³-hybridized carbons (Fsp3) is 0.222. The summed E-state index contributed by atoms with van der Waals surface area (Å²) in [7, 11) is 2.72. The van der Waals surface area contributed by atoms with Crippen molar-refractivity contribution in [3.05, 3.63) is 65.2 Å². The van der Waals surface area contributed by atoms with Crippen molar-refractivity contribution in [2.45, 2.75) is 13.0 Å². The predicted molar refractivity (Wildman–Crippen MR) is 84.3 cm³/mol. The number of rotatable bonds is 6. The van der Waals surface area contributed by atoms with E-state index in [0.717, 1.165) is 11.1 Å². The number of ether oxygens (including phenoxy) is 3. The fourth-order valence-corrected chi connectivity index (χ4v) is 1.96. The van der Waals surface area contributed by atoms with E-state index in [1.165, 1.54) is 14.2 Å². The van der Waals surface area contributed by atoms with Crippen molar-refractivity contribution >= 4 is 11.9 Å². The molecule has 0 atom stereocenters. The van der Waals surface area contributed by atoms with Crippen LogP contribution in [0.2, 0.25) is 0 Å². The molecule has 2 aromatic rings. The smallest absolute Gasteiger partial charge is 0.337 e. The minimum Gasteiger partial charge on any atom is -0.489 e. The maximum atomic E-state index is 11.3. The molecule has 120 valence electrons. The Morgan fingerprint density at radius 2 is 1.43 bits per heavy atom. The monoisotopic (exact) mass is 314 g/mol. The quantitative estimate of drug-likeness (QED) is 0.767. The average molecular weight is 314 g/mol. The van der Waals surface area contributed by atoms with Crippen LogP contribution < -0.4 is 4.74 Å². The number of esters is 2. The largest absolute Gasteiger partial charge is 0.489 e. The van der Waals surface area contributed by atoms with Gasteiger partial charge >= 0.3 is 11.9 Å². The van der Waals surface area contributed by atoms with Crippen molar-refractivity contribution in [2.75, 3.05) is 14.2 Å². The van der Waals surface area contributed by atoms with Gasteiger partial charge in [-0.3, -0.25) is 4.79 Å². The van der Waals surface area contributed by atoms with E-state index in [1.807, 2.05) is 24.3 Å². The van der Waals surface area contributed by atoms with Crippen LogP contribution >= 0.6 is 0 Å². The lowest BCUT2D eigenvalue weighted by Gasteiger charge is -2.08. The van der Waals surface area contributed by atoms with Crippen LogP contribution in [0, 0.1) is 0 Å². The number of methoxy groups -OCH3 is 2. The Kier molecular flexibility index (Phi) is 5.74. The van der Waals surface area contributed by atoms with E-state index < -0.39 is 0 Å². The van der Waals surface area contributed by atoms with Gasteiger partial charge in [0.2, 0.25) is 0 Å². The van der Waals surface area contributed by atoms with Gasteiger partial charge in [0, 0.05) is 0 Å². The molecule has 0 spiro atoms. The van der Waals surface area contributed by atoms with Crippen molar-refractivity contribution < 1.29 is 23.8 Å². The van der Waals surface area contributed by atoms with Gasteiger partial charge in [-0.05, 0) is 35.4 Å². The normalized spacial score (nSPS) is 10.0. The van der Waals surface area contributed by atoms with Gasteiger partial charge < -0.3 is 14.2 Å². The fourth-order valence-electron chi connectivity index (χ4n) is 1.96. The van der Waals surface area contributed by atoms with Gasteiger partial charge in [0.05, 0.1) is 26.2 Å².